The van der Waals surface area contributed by atoms with Crippen LogP contribution in [0.3, 0.4) is 0 Å². The zero-order chi connectivity index (χ0) is 18.9. The van der Waals surface area contributed by atoms with Gasteiger partial charge in [-0.05, 0) is 30.7 Å². The van der Waals surface area contributed by atoms with Gasteiger partial charge in [0.2, 0.25) is 11.8 Å². The monoisotopic (exact) mass is 380 g/mol. The van der Waals surface area contributed by atoms with Crippen molar-refractivity contribution in [2.75, 3.05) is 38.3 Å². The zero-order valence-corrected chi connectivity index (χ0v) is 15.2. The number of hydrogen-bond donors (Lipinski definition) is 1. The number of benzene rings is 1. The molecule has 0 bridgehead atoms. The molecular formula is C18H21ClN2O5. The van der Waals surface area contributed by atoms with E-state index in [9.17, 15) is 19.5 Å². The van der Waals surface area contributed by atoms with E-state index in [0.717, 1.165) is 0 Å². The van der Waals surface area contributed by atoms with Crippen molar-refractivity contribution in [3.05, 3.63) is 29.3 Å². The minimum Gasteiger partial charge on any atom is -0.481 e. The summed E-state index contributed by atoms with van der Waals surface area (Å²) in [5, 5.41) is 10.1. The topological polar surface area (TPSA) is 87.1 Å². The molecule has 0 saturated carbocycles. The lowest BCUT2D eigenvalue weighted by molar-refractivity contribution is -0.152. The van der Waals surface area contributed by atoms with Crippen molar-refractivity contribution in [1.82, 2.24) is 4.90 Å². The van der Waals surface area contributed by atoms with E-state index < -0.39 is 17.3 Å². The van der Waals surface area contributed by atoms with Crippen molar-refractivity contribution >= 4 is 35.1 Å². The van der Waals surface area contributed by atoms with Crippen LogP contribution in [0.2, 0.25) is 5.02 Å². The molecule has 3 rings (SSSR count). The third-order valence-corrected chi connectivity index (χ3v) is 5.40. The van der Waals surface area contributed by atoms with E-state index in [-0.39, 0.29) is 31.4 Å². The summed E-state index contributed by atoms with van der Waals surface area (Å²) in [6.07, 6.45) is 0.478. The smallest absolute Gasteiger partial charge is 0.313 e. The highest BCUT2D eigenvalue weighted by atomic mass is 35.5. The molecule has 26 heavy (non-hydrogen) atoms. The summed E-state index contributed by atoms with van der Waals surface area (Å²) in [5.74, 6) is -1.72. The lowest BCUT2D eigenvalue weighted by Gasteiger charge is -2.25. The normalized spacial score (nSPS) is 25.8. The highest BCUT2D eigenvalue weighted by Crippen LogP contribution is 2.34. The average Bonchev–Trinajstić information content (AvgIpc) is 3.20. The minimum absolute atomic E-state index is 0.0621. The van der Waals surface area contributed by atoms with Crippen LogP contribution in [0.4, 0.5) is 5.69 Å². The molecule has 0 aromatic heterocycles. The number of rotatable bonds is 5. The summed E-state index contributed by atoms with van der Waals surface area (Å²) in [6, 6.07) is 6.89. The van der Waals surface area contributed by atoms with Crippen LogP contribution in [-0.2, 0) is 19.1 Å². The summed E-state index contributed by atoms with van der Waals surface area (Å²) in [6.45, 7) is 0.827. The zero-order valence-electron chi connectivity index (χ0n) is 14.5. The molecule has 2 heterocycles. The van der Waals surface area contributed by atoms with Gasteiger partial charge in [-0.25, -0.2) is 0 Å². The third-order valence-electron chi connectivity index (χ3n) is 5.15. The van der Waals surface area contributed by atoms with E-state index in [0.29, 0.717) is 30.2 Å². The molecule has 1 N–H and O–H groups in total. The first-order valence-corrected chi connectivity index (χ1v) is 8.81. The minimum atomic E-state index is -1.07. The maximum Gasteiger partial charge on any atom is 0.313 e. The number of hydrogen-bond acceptors (Lipinski definition) is 4. The predicted octanol–water partition coefficient (Wildman–Crippen LogP) is 1.64. The van der Waals surface area contributed by atoms with Crippen molar-refractivity contribution in [2.45, 2.75) is 12.8 Å². The number of anilines is 1. The second-order valence-corrected chi connectivity index (χ2v) is 7.35. The quantitative estimate of drug-likeness (QED) is 0.839. The Bertz CT molecular complexity index is 723. The van der Waals surface area contributed by atoms with Crippen LogP contribution in [0.25, 0.3) is 0 Å². The number of carbonyl (C=O) groups is 3. The number of halogens is 1. The van der Waals surface area contributed by atoms with Gasteiger partial charge < -0.3 is 19.6 Å². The van der Waals surface area contributed by atoms with Gasteiger partial charge >= 0.3 is 5.97 Å². The van der Waals surface area contributed by atoms with E-state index in [1.54, 1.807) is 34.1 Å². The molecule has 2 aliphatic rings. The summed E-state index contributed by atoms with van der Waals surface area (Å²) in [5.41, 5.74) is -0.363. The number of carboxylic acid groups (broad SMARTS) is 1. The predicted molar refractivity (Wildman–Crippen MR) is 95.1 cm³/mol. The first-order chi connectivity index (χ1) is 12.4. The largest absolute Gasteiger partial charge is 0.481 e. The molecule has 2 fully saturated rings. The van der Waals surface area contributed by atoms with Gasteiger partial charge in [0.1, 0.15) is 5.41 Å². The van der Waals surface area contributed by atoms with Crippen molar-refractivity contribution in [3.8, 4) is 0 Å². The van der Waals surface area contributed by atoms with Gasteiger partial charge in [0.15, 0.2) is 0 Å². The first kappa shape index (κ1) is 18.7. The van der Waals surface area contributed by atoms with Gasteiger partial charge in [-0.2, -0.15) is 0 Å². The number of carboxylic acids is 1. The molecule has 2 saturated heterocycles. The fourth-order valence-electron chi connectivity index (χ4n) is 3.69. The van der Waals surface area contributed by atoms with Crippen molar-refractivity contribution in [1.29, 1.82) is 0 Å². The molecule has 2 aliphatic heterocycles. The molecule has 1 aromatic carbocycles. The number of likely N-dealkylation sites (tertiary alicyclic amines) is 1. The first-order valence-electron chi connectivity index (χ1n) is 8.43. The Kier molecular flexibility index (Phi) is 5.20. The standard InChI is InChI=1S/C18H21ClN2O5/c1-26-11-18(17(24)25)6-7-20(10-18)16(23)12-8-15(22)21(9-12)14-4-2-13(19)3-5-14/h2-5,12H,6-11H2,1H3,(H,24,25). The molecule has 140 valence electrons. The number of aliphatic carboxylic acids is 1. The second-order valence-electron chi connectivity index (χ2n) is 6.91. The van der Waals surface area contributed by atoms with E-state index in [2.05, 4.69) is 0 Å². The van der Waals surface area contributed by atoms with Crippen LogP contribution in [0.15, 0.2) is 24.3 Å². The fourth-order valence-corrected chi connectivity index (χ4v) is 3.82. The van der Waals surface area contributed by atoms with Crippen molar-refractivity contribution in [2.24, 2.45) is 11.3 Å². The van der Waals surface area contributed by atoms with Gasteiger partial charge in [-0.15, -0.1) is 0 Å². The molecule has 2 amide bonds. The molecular weight excluding hydrogens is 360 g/mol. The van der Waals surface area contributed by atoms with Gasteiger partial charge in [-0.3, -0.25) is 14.4 Å². The SMILES string of the molecule is COCC1(C(=O)O)CCN(C(=O)C2CC(=O)N(c3ccc(Cl)cc3)C2)C1. The molecule has 7 nitrogen and oxygen atoms in total. The van der Waals surface area contributed by atoms with Crippen LogP contribution in [0.5, 0.6) is 0 Å². The van der Waals surface area contributed by atoms with E-state index >= 15 is 0 Å². The van der Waals surface area contributed by atoms with Crippen LogP contribution in [0.1, 0.15) is 12.8 Å². The Morgan fingerprint density at radius 3 is 2.65 bits per heavy atom. The van der Waals surface area contributed by atoms with Gasteiger partial charge in [0, 0.05) is 43.9 Å². The van der Waals surface area contributed by atoms with Crippen LogP contribution in [0, 0.1) is 11.3 Å². The van der Waals surface area contributed by atoms with Crippen molar-refractivity contribution < 1.29 is 24.2 Å². The van der Waals surface area contributed by atoms with E-state index in [1.165, 1.54) is 7.11 Å². The van der Waals surface area contributed by atoms with Gasteiger partial charge in [0.25, 0.3) is 0 Å². The van der Waals surface area contributed by atoms with Crippen LogP contribution < -0.4 is 4.90 Å². The number of carbonyl (C=O) groups excluding carboxylic acids is 2. The number of methoxy groups -OCH3 is 1. The van der Waals surface area contributed by atoms with Gasteiger partial charge in [-0.1, -0.05) is 11.6 Å². The average molecular weight is 381 g/mol. The maximum atomic E-state index is 12.8. The highest BCUT2D eigenvalue weighted by molar-refractivity contribution is 6.30. The Hall–Kier alpha value is -2.12. The van der Waals surface area contributed by atoms with Crippen LogP contribution >= 0.6 is 11.6 Å². The number of nitrogens with zero attached hydrogens (tertiary/aromatic N) is 2. The lowest BCUT2D eigenvalue weighted by Crippen LogP contribution is -2.42. The third kappa shape index (κ3) is 3.41. The second kappa shape index (κ2) is 7.25. The Balaban J connectivity index is 1.69. The maximum absolute atomic E-state index is 12.8. The Morgan fingerprint density at radius 2 is 2.04 bits per heavy atom. The Morgan fingerprint density at radius 1 is 1.35 bits per heavy atom. The lowest BCUT2D eigenvalue weighted by atomic mass is 9.88. The van der Waals surface area contributed by atoms with Crippen molar-refractivity contribution in [3.63, 3.8) is 0 Å². The number of ether oxygens (including phenoxy) is 1. The van der Waals surface area contributed by atoms with Crippen LogP contribution in [-0.4, -0.2) is 61.1 Å². The fraction of sp³-hybridized carbons (Fsp3) is 0.500. The summed E-state index contributed by atoms with van der Waals surface area (Å²) < 4.78 is 5.05. The summed E-state index contributed by atoms with van der Waals surface area (Å²) in [4.78, 5) is 39.9. The molecule has 1 aromatic rings. The molecule has 0 spiro atoms. The van der Waals surface area contributed by atoms with E-state index in [4.69, 9.17) is 16.3 Å². The molecule has 8 heteroatoms. The molecule has 0 radical (unpaired) electrons. The molecule has 2 unspecified atom stereocenters. The summed E-state index contributed by atoms with van der Waals surface area (Å²) >= 11 is 5.88. The van der Waals surface area contributed by atoms with Gasteiger partial charge in [0.05, 0.1) is 12.5 Å². The molecule has 0 aliphatic carbocycles. The summed E-state index contributed by atoms with van der Waals surface area (Å²) in [7, 11) is 1.45. The molecule has 2 atom stereocenters. The Labute approximate surface area is 156 Å². The highest BCUT2D eigenvalue weighted by Gasteiger charge is 2.48. The number of amides is 2. The van der Waals surface area contributed by atoms with E-state index in [1.807, 2.05) is 0 Å².